The number of hydrogen-bond donors (Lipinski definition) is 1. The first-order valence-corrected chi connectivity index (χ1v) is 9.74. The molecule has 1 aromatic carbocycles. The van der Waals surface area contributed by atoms with E-state index in [1.165, 1.54) is 13.2 Å². The summed E-state index contributed by atoms with van der Waals surface area (Å²) >= 11 is 0. The van der Waals surface area contributed by atoms with Gasteiger partial charge in [-0.1, -0.05) is 31.9 Å². The Hall–Kier alpha value is -1.66. The van der Waals surface area contributed by atoms with Gasteiger partial charge in [-0.2, -0.15) is 0 Å². The molecule has 6 heteroatoms. The highest BCUT2D eigenvalue weighted by atomic mass is 32.2. The average Bonchev–Trinajstić information content (AvgIpc) is 2.66. The minimum atomic E-state index is -3.56. The maximum absolute atomic E-state index is 13.0. The van der Waals surface area contributed by atoms with Crippen LogP contribution < -0.4 is 10.1 Å². The molecule has 0 amide bonds. The lowest BCUT2D eigenvalue weighted by atomic mass is 9.87. The molecule has 0 spiro atoms. The zero-order valence-electron chi connectivity index (χ0n) is 14.5. The van der Waals surface area contributed by atoms with Gasteiger partial charge in [-0.05, 0) is 31.0 Å². The van der Waals surface area contributed by atoms with Crippen molar-refractivity contribution in [3.8, 4) is 5.75 Å². The highest BCUT2D eigenvalue weighted by Gasteiger charge is 2.39. The van der Waals surface area contributed by atoms with E-state index in [4.69, 9.17) is 4.74 Å². The van der Waals surface area contributed by atoms with E-state index in [0.717, 1.165) is 18.4 Å². The van der Waals surface area contributed by atoms with Gasteiger partial charge in [0.25, 0.3) is 0 Å². The third kappa shape index (κ3) is 3.39. The van der Waals surface area contributed by atoms with Gasteiger partial charge in [0, 0.05) is 6.54 Å². The molecule has 24 heavy (non-hydrogen) atoms. The van der Waals surface area contributed by atoms with Crippen LogP contribution >= 0.6 is 0 Å². The molecule has 2 rings (SSSR count). The van der Waals surface area contributed by atoms with Crippen molar-refractivity contribution in [2.45, 2.75) is 50.1 Å². The van der Waals surface area contributed by atoms with Crippen molar-refractivity contribution in [3.05, 3.63) is 35.4 Å². The number of hydrogen-bond acceptors (Lipinski definition) is 5. The molecule has 1 aliphatic rings. The van der Waals surface area contributed by atoms with E-state index in [1.807, 2.05) is 6.92 Å². The molecule has 1 unspecified atom stereocenters. The second-order valence-electron chi connectivity index (χ2n) is 6.40. The summed E-state index contributed by atoms with van der Waals surface area (Å²) in [4.78, 5) is 11.4. The molecule has 0 aliphatic carbocycles. The number of rotatable bonds is 6. The Balaban J connectivity index is 2.57. The fourth-order valence-corrected chi connectivity index (χ4v) is 5.29. The first kappa shape index (κ1) is 18.7. The van der Waals surface area contributed by atoms with Crippen molar-refractivity contribution >= 4 is 16.1 Å². The summed E-state index contributed by atoms with van der Waals surface area (Å²) in [6.45, 7) is 8.37. The molecule has 1 aliphatic heterocycles. The summed E-state index contributed by atoms with van der Waals surface area (Å²) in [6.07, 6.45) is 3.22. The van der Waals surface area contributed by atoms with Crippen molar-refractivity contribution in [1.29, 1.82) is 0 Å². The highest BCUT2D eigenvalue weighted by Crippen LogP contribution is 2.34. The molecule has 1 N–H and O–H groups in total. The van der Waals surface area contributed by atoms with E-state index in [9.17, 15) is 13.2 Å². The van der Waals surface area contributed by atoms with Crippen LogP contribution in [-0.2, 0) is 16.4 Å². The van der Waals surface area contributed by atoms with Crippen LogP contribution in [-0.4, -0.2) is 33.1 Å². The van der Waals surface area contributed by atoms with E-state index in [-0.39, 0.29) is 16.2 Å². The fraction of sp³-hybridized carbons (Fsp3) is 0.500. The molecular weight excluding hydrogens is 326 g/mol. The first-order chi connectivity index (χ1) is 11.3. The van der Waals surface area contributed by atoms with E-state index >= 15 is 0 Å². The zero-order chi connectivity index (χ0) is 18.0. The normalized spacial score (nSPS) is 22.3. The molecule has 1 aromatic rings. The van der Waals surface area contributed by atoms with E-state index < -0.39 is 15.4 Å². The Labute approximate surface area is 144 Å². The van der Waals surface area contributed by atoms with Crippen LogP contribution in [0, 0.1) is 0 Å². The molecule has 0 aromatic heterocycles. The third-order valence-electron chi connectivity index (χ3n) is 4.70. The Bertz CT molecular complexity index is 755. The van der Waals surface area contributed by atoms with Crippen LogP contribution in [0.2, 0.25) is 0 Å². The van der Waals surface area contributed by atoms with Gasteiger partial charge >= 0.3 is 0 Å². The number of sulfone groups is 1. The summed E-state index contributed by atoms with van der Waals surface area (Å²) < 4.78 is 31.2. The monoisotopic (exact) mass is 351 g/mol. The largest absolute Gasteiger partial charge is 0.496 e. The SMILES string of the molecule is C=C(C)C1(CCCC)CS(=O)(=O)c2cc(C=O)c(OC)cc2CN1. The average molecular weight is 351 g/mol. The maximum atomic E-state index is 13.0. The highest BCUT2D eigenvalue weighted by molar-refractivity contribution is 7.91. The number of unbranched alkanes of at least 4 members (excludes halogenated alkanes) is 1. The molecule has 1 atom stereocenters. The number of carbonyl (C=O) groups is 1. The fourth-order valence-electron chi connectivity index (χ4n) is 3.16. The van der Waals surface area contributed by atoms with Crippen LogP contribution in [0.5, 0.6) is 5.75 Å². The molecule has 1 heterocycles. The zero-order valence-corrected chi connectivity index (χ0v) is 15.3. The van der Waals surface area contributed by atoms with Crippen LogP contribution in [0.15, 0.2) is 29.2 Å². The van der Waals surface area contributed by atoms with Gasteiger partial charge in [-0.25, -0.2) is 8.42 Å². The predicted octanol–water partition coefficient (Wildman–Crippen LogP) is 2.89. The minimum absolute atomic E-state index is 0.0487. The lowest BCUT2D eigenvalue weighted by molar-refractivity contribution is 0.112. The van der Waals surface area contributed by atoms with Crippen molar-refractivity contribution in [1.82, 2.24) is 5.32 Å². The number of aldehydes is 1. The molecule has 0 bridgehead atoms. The van der Waals surface area contributed by atoms with Gasteiger partial charge in [0.15, 0.2) is 16.1 Å². The quantitative estimate of drug-likeness (QED) is 0.630. The molecule has 0 fully saturated rings. The maximum Gasteiger partial charge on any atom is 0.180 e. The standard InChI is InChI=1S/C18H25NO4S/c1-5-6-7-18(13(2)3)12-24(21,22)17-9-15(11-20)16(23-4)8-14(17)10-19-18/h8-9,11,19H,2,5-7,10,12H2,1,3-4H3. The van der Waals surface area contributed by atoms with Crippen LogP contribution in [0.1, 0.15) is 49.0 Å². The minimum Gasteiger partial charge on any atom is -0.496 e. The van der Waals surface area contributed by atoms with Gasteiger partial charge in [0.05, 0.1) is 28.9 Å². The second kappa shape index (κ2) is 7.07. The molecule has 5 nitrogen and oxygen atoms in total. The topological polar surface area (TPSA) is 72.5 Å². The number of ether oxygens (including phenoxy) is 1. The van der Waals surface area contributed by atoms with Gasteiger partial charge in [-0.3, -0.25) is 4.79 Å². The molecular formula is C18H25NO4S. The Morgan fingerprint density at radius 1 is 1.46 bits per heavy atom. The number of nitrogens with one attached hydrogen (secondary N) is 1. The summed E-state index contributed by atoms with van der Waals surface area (Å²) in [5.74, 6) is 0.338. The smallest absolute Gasteiger partial charge is 0.180 e. The lowest BCUT2D eigenvalue weighted by Gasteiger charge is -2.34. The van der Waals surface area contributed by atoms with Gasteiger partial charge in [0.2, 0.25) is 0 Å². The summed E-state index contributed by atoms with van der Waals surface area (Å²) in [5, 5.41) is 3.41. The second-order valence-corrected chi connectivity index (χ2v) is 8.36. The predicted molar refractivity (Wildman–Crippen MR) is 94.3 cm³/mol. The Morgan fingerprint density at radius 2 is 2.17 bits per heavy atom. The molecule has 132 valence electrons. The molecule has 0 radical (unpaired) electrons. The number of carbonyl (C=O) groups excluding carboxylic acids is 1. The Kier molecular flexibility index (Phi) is 5.50. The molecule has 0 saturated carbocycles. The van der Waals surface area contributed by atoms with Gasteiger partial charge in [0.1, 0.15) is 5.75 Å². The van der Waals surface area contributed by atoms with Crippen LogP contribution in [0.25, 0.3) is 0 Å². The summed E-state index contributed by atoms with van der Waals surface area (Å²) in [6, 6.07) is 3.06. The van der Waals surface area contributed by atoms with E-state index in [2.05, 4.69) is 18.8 Å². The van der Waals surface area contributed by atoms with E-state index in [0.29, 0.717) is 30.6 Å². The molecule has 0 saturated heterocycles. The number of benzene rings is 1. The first-order valence-electron chi connectivity index (χ1n) is 8.09. The Morgan fingerprint density at radius 3 is 2.71 bits per heavy atom. The number of fused-ring (bicyclic) bond motifs is 1. The van der Waals surface area contributed by atoms with Gasteiger partial charge < -0.3 is 10.1 Å². The summed E-state index contributed by atoms with van der Waals surface area (Å²) in [7, 11) is -2.09. The van der Waals surface area contributed by atoms with Gasteiger partial charge in [-0.15, -0.1) is 0 Å². The van der Waals surface area contributed by atoms with Crippen LogP contribution in [0.4, 0.5) is 0 Å². The van der Waals surface area contributed by atoms with Crippen molar-refractivity contribution in [3.63, 3.8) is 0 Å². The van der Waals surface area contributed by atoms with Crippen molar-refractivity contribution in [2.75, 3.05) is 12.9 Å². The van der Waals surface area contributed by atoms with Crippen molar-refractivity contribution < 1.29 is 17.9 Å². The van der Waals surface area contributed by atoms with E-state index in [1.54, 1.807) is 6.07 Å². The number of methoxy groups -OCH3 is 1. The van der Waals surface area contributed by atoms with Crippen molar-refractivity contribution in [2.24, 2.45) is 0 Å². The lowest BCUT2D eigenvalue weighted by Crippen LogP contribution is -2.49. The van der Waals surface area contributed by atoms with Crippen LogP contribution in [0.3, 0.4) is 0 Å². The summed E-state index contributed by atoms with van der Waals surface area (Å²) in [5.41, 5.74) is 1.03. The third-order valence-corrected chi connectivity index (χ3v) is 6.63.